The number of likely N-dealkylation sites (tertiary alicyclic amines) is 1. The molecule has 5 atom stereocenters. The molecule has 2 aliphatic heterocycles. The maximum Gasteiger partial charge on any atom is 0.329 e. The number of urea groups is 1. The Morgan fingerprint density at radius 3 is 1.97 bits per heavy atom. The van der Waals surface area contributed by atoms with Gasteiger partial charge in [0.2, 0.25) is 6.41 Å². The number of anilines is 2. The van der Waals surface area contributed by atoms with E-state index < -0.39 is 30.5 Å². The fourth-order valence-corrected chi connectivity index (χ4v) is 5.53. The minimum absolute atomic E-state index is 0.169. The summed E-state index contributed by atoms with van der Waals surface area (Å²) in [5.41, 5.74) is 2.22. The highest BCUT2D eigenvalue weighted by molar-refractivity contribution is 6.01. The topological polar surface area (TPSA) is 93.5 Å². The van der Waals surface area contributed by atoms with Crippen LogP contribution in [-0.2, 0) is 9.53 Å². The van der Waals surface area contributed by atoms with Crippen LogP contribution in [0.15, 0.2) is 91.0 Å². The Bertz CT molecular complexity index is 1170. The van der Waals surface area contributed by atoms with Gasteiger partial charge in [0.05, 0.1) is 17.5 Å². The van der Waals surface area contributed by atoms with Crippen molar-refractivity contribution in [1.29, 1.82) is 0 Å². The zero-order chi connectivity index (χ0) is 25.9. The molecule has 2 saturated heterocycles. The molecular weight excluding hydrogens is 470 g/mol. The molecule has 2 unspecified atom stereocenters. The highest BCUT2D eigenvalue weighted by atomic mass is 16.6. The first-order valence-corrected chi connectivity index (χ1v) is 12.5. The van der Waals surface area contributed by atoms with E-state index in [4.69, 9.17) is 4.74 Å². The summed E-state index contributed by atoms with van der Waals surface area (Å²) in [6.07, 6.45) is -0.464. The molecule has 8 nitrogen and oxygen atoms in total. The number of aliphatic hydroxyl groups is 1. The van der Waals surface area contributed by atoms with Crippen molar-refractivity contribution in [2.24, 2.45) is 0 Å². The number of aliphatic carboxylic acids is 1. The van der Waals surface area contributed by atoms with Gasteiger partial charge in [-0.25, -0.2) is 14.5 Å². The number of benzene rings is 3. The SMILES string of the molecule is CC(OC(O)N1[C@H]2CC[C@@H]1[C@@H](C(=O)O)N(C(=O)N(c1ccccc1)c1ccccc1)C2)c1ccccc1. The smallest absolute Gasteiger partial charge is 0.329 e. The fraction of sp³-hybridized carbons (Fsp3) is 0.310. The van der Waals surface area contributed by atoms with Gasteiger partial charge >= 0.3 is 12.0 Å². The van der Waals surface area contributed by atoms with E-state index in [1.807, 2.05) is 97.9 Å². The lowest BCUT2D eigenvalue weighted by molar-refractivity contribution is -0.242. The number of carbonyl (C=O) groups excluding carboxylic acids is 1. The summed E-state index contributed by atoms with van der Waals surface area (Å²) in [6.45, 7) is 2.02. The lowest BCUT2D eigenvalue weighted by Gasteiger charge is -2.47. The number of carbonyl (C=O) groups is 2. The Labute approximate surface area is 216 Å². The van der Waals surface area contributed by atoms with E-state index in [1.165, 1.54) is 4.90 Å². The van der Waals surface area contributed by atoms with Gasteiger partial charge in [-0.2, -0.15) is 0 Å². The number of carboxylic acid groups (broad SMARTS) is 1. The highest BCUT2D eigenvalue weighted by Crippen LogP contribution is 2.38. The van der Waals surface area contributed by atoms with Crippen LogP contribution in [0.25, 0.3) is 0 Å². The number of para-hydroxylation sites is 2. The summed E-state index contributed by atoms with van der Waals surface area (Å²) in [5, 5.41) is 21.4. The van der Waals surface area contributed by atoms with Crippen LogP contribution in [0.1, 0.15) is 31.4 Å². The van der Waals surface area contributed by atoms with Gasteiger partial charge in [-0.1, -0.05) is 66.7 Å². The fourth-order valence-electron chi connectivity index (χ4n) is 5.53. The van der Waals surface area contributed by atoms with Gasteiger partial charge in [0, 0.05) is 18.6 Å². The molecule has 0 aliphatic carbocycles. The van der Waals surface area contributed by atoms with Crippen LogP contribution in [0.2, 0.25) is 0 Å². The van der Waals surface area contributed by atoms with Gasteiger partial charge < -0.3 is 19.8 Å². The van der Waals surface area contributed by atoms with Crippen LogP contribution in [0.5, 0.6) is 0 Å². The van der Waals surface area contributed by atoms with Gasteiger partial charge in [0.15, 0.2) is 0 Å². The maximum absolute atomic E-state index is 14.0. The van der Waals surface area contributed by atoms with Crippen molar-refractivity contribution in [2.45, 2.75) is 50.4 Å². The number of nitrogens with zero attached hydrogens (tertiary/aromatic N) is 3. The standard InChI is InChI=1S/C29H31N3O5/c1-20(21-11-5-2-6-12-21)37-29(36)32-24-17-18-25(32)26(27(33)34)30(19-24)28(35)31(22-13-7-3-8-14-22)23-15-9-4-10-16-23/h2-16,20,24-26,29,36H,17-19H2,1H3,(H,33,34)/t20?,24-,25+,26-,29?/m0/s1. The lowest BCUT2D eigenvalue weighted by Crippen LogP contribution is -2.67. The van der Waals surface area contributed by atoms with E-state index in [9.17, 15) is 19.8 Å². The summed E-state index contributed by atoms with van der Waals surface area (Å²) in [7, 11) is 0. The molecule has 0 saturated carbocycles. The van der Waals surface area contributed by atoms with E-state index >= 15 is 0 Å². The minimum Gasteiger partial charge on any atom is -0.480 e. The average Bonchev–Trinajstić information content (AvgIpc) is 3.23. The van der Waals surface area contributed by atoms with Crippen LogP contribution < -0.4 is 4.90 Å². The number of aliphatic hydroxyl groups excluding tert-OH is 1. The molecule has 2 amide bonds. The van der Waals surface area contributed by atoms with Crippen molar-refractivity contribution in [3.8, 4) is 0 Å². The zero-order valence-electron chi connectivity index (χ0n) is 20.6. The normalized spacial score (nSPS) is 22.9. The quantitative estimate of drug-likeness (QED) is 0.460. The number of hydrogen-bond donors (Lipinski definition) is 2. The molecule has 3 aromatic rings. The molecule has 5 rings (SSSR count). The van der Waals surface area contributed by atoms with Crippen LogP contribution in [0, 0.1) is 0 Å². The van der Waals surface area contributed by atoms with E-state index in [2.05, 4.69) is 0 Å². The highest BCUT2D eigenvalue weighted by Gasteiger charge is 2.54. The Morgan fingerprint density at radius 2 is 1.43 bits per heavy atom. The molecule has 37 heavy (non-hydrogen) atoms. The molecule has 192 valence electrons. The summed E-state index contributed by atoms with van der Waals surface area (Å²) >= 11 is 0. The van der Waals surface area contributed by atoms with Crippen molar-refractivity contribution in [3.63, 3.8) is 0 Å². The molecule has 2 fully saturated rings. The van der Waals surface area contributed by atoms with E-state index in [0.29, 0.717) is 24.2 Å². The van der Waals surface area contributed by atoms with E-state index in [1.54, 1.807) is 9.80 Å². The van der Waals surface area contributed by atoms with Crippen molar-refractivity contribution in [2.75, 3.05) is 11.4 Å². The first-order valence-electron chi connectivity index (χ1n) is 12.5. The maximum atomic E-state index is 14.0. The number of hydrogen-bond acceptors (Lipinski definition) is 5. The second kappa shape index (κ2) is 10.7. The second-order valence-electron chi connectivity index (χ2n) is 9.49. The van der Waals surface area contributed by atoms with E-state index in [-0.39, 0.29) is 18.7 Å². The Balaban J connectivity index is 1.42. The number of ether oxygens (including phenoxy) is 1. The molecule has 2 aliphatic rings. The molecule has 2 heterocycles. The molecule has 0 spiro atoms. The molecule has 2 bridgehead atoms. The number of fused-ring (bicyclic) bond motifs is 2. The number of amides is 2. The monoisotopic (exact) mass is 501 g/mol. The van der Waals surface area contributed by atoms with Gasteiger partial charge in [-0.15, -0.1) is 0 Å². The van der Waals surface area contributed by atoms with Crippen molar-refractivity contribution in [3.05, 3.63) is 96.6 Å². The zero-order valence-corrected chi connectivity index (χ0v) is 20.6. The summed E-state index contributed by atoms with van der Waals surface area (Å²) in [6, 6.07) is 25.6. The van der Waals surface area contributed by atoms with Gasteiger partial charge in [0.25, 0.3) is 0 Å². The van der Waals surface area contributed by atoms with Crippen molar-refractivity contribution in [1.82, 2.24) is 9.80 Å². The Kier molecular flexibility index (Phi) is 7.23. The number of piperazine rings is 1. The number of rotatable bonds is 7. The summed E-state index contributed by atoms with van der Waals surface area (Å²) in [4.78, 5) is 31.4. The first kappa shape index (κ1) is 25.0. The number of carboxylic acids is 1. The third-order valence-corrected chi connectivity index (χ3v) is 7.28. The Morgan fingerprint density at radius 1 is 0.892 bits per heavy atom. The van der Waals surface area contributed by atoms with Gasteiger partial charge in [0.1, 0.15) is 6.04 Å². The van der Waals surface area contributed by atoms with Crippen LogP contribution in [-0.4, -0.2) is 63.1 Å². The van der Waals surface area contributed by atoms with Crippen molar-refractivity contribution >= 4 is 23.4 Å². The summed E-state index contributed by atoms with van der Waals surface area (Å²) in [5.74, 6) is -1.10. The average molecular weight is 502 g/mol. The van der Waals surface area contributed by atoms with Crippen LogP contribution in [0.3, 0.4) is 0 Å². The summed E-state index contributed by atoms with van der Waals surface area (Å²) < 4.78 is 5.94. The molecule has 3 aromatic carbocycles. The molecular formula is C29H31N3O5. The predicted octanol–water partition coefficient (Wildman–Crippen LogP) is 4.60. The third-order valence-electron chi connectivity index (χ3n) is 7.28. The first-order chi connectivity index (χ1) is 18.0. The second-order valence-corrected chi connectivity index (χ2v) is 9.49. The Hall–Kier alpha value is -3.72. The molecule has 0 radical (unpaired) electrons. The van der Waals surface area contributed by atoms with Crippen molar-refractivity contribution < 1.29 is 24.5 Å². The van der Waals surface area contributed by atoms with Gasteiger partial charge in [-0.05, 0) is 49.6 Å². The van der Waals surface area contributed by atoms with Crippen LogP contribution >= 0.6 is 0 Å². The molecule has 2 N–H and O–H groups in total. The third kappa shape index (κ3) is 4.96. The minimum atomic E-state index is -1.29. The molecule has 8 heteroatoms. The van der Waals surface area contributed by atoms with Gasteiger partial charge in [-0.3, -0.25) is 4.90 Å². The largest absolute Gasteiger partial charge is 0.480 e. The lowest BCUT2D eigenvalue weighted by atomic mass is 10.0. The van der Waals surface area contributed by atoms with E-state index in [0.717, 1.165) is 5.56 Å². The predicted molar refractivity (Wildman–Crippen MR) is 139 cm³/mol. The molecule has 0 aromatic heterocycles. The van der Waals surface area contributed by atoms with Crippen LogP contribution in [0.4, 0.5) is 16.2 Å².